The first-order chi connectivity index (χ1) is 14.3. The van der Waals surface area contributed by atoms with Gasteiger partial charge in [0, 0.05) is 19.2 Å². The average Bonchev–Trinajstić information content (AvgIpc) is 2.73. The lowest BCUT2D eigenvalue weighted by Gasteiger charge is -2.49. The molecule has 0 spiro atoms. The van der Waals surface area contributed by atoms with Gasteiger partial charge in [0.15, 0.2) is 5.96 Å². The average molecular weight is 421 g/mol. The molecule has 0 unspecified atom stereocenters. The van der Waals surface area contributed by atoms with Crippen molar-refractivity contribution >= 4 is 11.9 Å². The molecule has 2 aliphatic heterocycles. The fourth-order valence-electron chi connectivity index (χ4n) is 3.76. The second-order valence-electron chi connectivity index (χ2n) is 7.06. The summed E-state index contributed by atoms with van der Waals surface area (Å²) in [7, 11) is 1.47. The predicted octanol–water partition coefficient (Wildman–Crippen LogP) is 2.57. The molecule has 1 amide bonds. The molecule has 2 fully saturated rings. The van der Waals surface area contributed by atoms with E-state index in [4.69, 9.17) is 14.9 Å². The summed E-state index contributed by atoms with van der Waals surface area (Å²) in [5.41, 5.74) is -1.77. The van der Waals surface area contributed by atoms with Crippen LogP contribution >= 0.6 is 0 Å². The van der Waals surface area contributed by atoms with Crippen molar-refractivity contribution in [1.29, 1.82) is 5.41 Å². The molecule has 0 radical (unpaired) electrons. The lowest BCUT2D eigenvalue weighted by atomic mass is 9.73. The first-order valence-electron chi connectivity index (χ1n) is 9.12. The van der Waals surface area contributed by atoms with Crippen LogP contribution in [0.5, 0.6) is 11.6 Å². The van der Waals surface area contributed by atoms with E-state index in [0.29, 0.717) is 13.0 Å². The number of alkyl halides is 2. The maximum Gasteiger partial charge on any atom is 0.282 e. The highest BCUT2D eigenvalue weighted by molar-refractivity contribution is 6.00. The van der Waals surface area contributed by atoms with Crippen LogP contribution in [0.3, 0.4) is 0 Å². The molecule has 4 rings (SSSR count). The van der Waals surface area contributed by atoms with Crippen LogP contribution in [0, 0.1) is 17.1 Å². The minimum atomic E-state index is -2.82. The minimum Gasteiger partial charge on any atom is -0.437 e. The van der Waals surface area contributed by atoms with Gasteiger partial charge >= 0.3 is 0 Å². The zero-order valence-electron chi connectivity index (χ0n) is 15.9. The third-order valence-electron chi connectivity index (χ3n) is 5.28. The summed E-state index contributed by atoms with van der Waals surface area (Å²) in [5, 5.41) is 11.0. The van der Waals surface area contributed by atoms with Crippen LogP contribution in [-0.4, -0.2) is 47.0 Å². The summed E-state index contributed by atoms with van der Waals surface area (Å²) >= 11 is 0. The maximum atomic E-state index is 14.9. The smallest absolute Gasteiger partial charge is 0.282 e. The van der Waals surface area contributed by atoms with E-state index < -0.39 is 29.4 Å². The van der Waals surface area contributed by atoms with Crippen LogP contribution in [0.25, 0.3) is 0 Å². The van der Waals surface area contributed by atoms with E-state index >= 15 is 0 Å². The van der Waals surface area contributed by atoms with Crippen LogP contribution in [0.2, 0.25) is 0 Å². The van der Waals surface area contributed by atoms with Gasteiger partial charge in [0.25, 0.3) is 6.43 Å². The van der Waals surface area contributed by atoms with Gasteiger partial charge in [-0.1, -0.05) is 0 Å². The first-order valence-corrected chi connectivity index (χ1v) is 9.12. The molecular weight excluding hydrogens is 403 g/mol. The van der Waals surface area contributed by atoms with Gasteiger partial charge in [0.2, 0.25) is 11.8 Å². The molecule has 1 aromatic carbocycles. The highest BCUT2D eigenvalue weighted by Crippen LogP contribution is 2.41. The molecule has 11 heteroatoms. The fourth-order valence-corrected chi connectivity index (χ4v) is 3.76. The van der Waals surface area contributed by atoms with Gasteiger partial charge in [0.1, 0.15) is 22.8 Å². The third-order valence-corrected chi connectivity index (χ3v) is 5.28. The van der Waals surface area contributed by atoms with Crippen molar-refractivity contribution in [2.75, 3.05) is 20.3 Å². The first kappa shape index (κ1) is 20.1. The van der Waals surface area contributed by atoms with Crippen molar-refractivity contribution in [3.05, 3.63) is 47.7 Å². The number of ether oxygens (including phenoxy) is 2. The zero-order valence-corrected chi connectivity index (χ0v) is 15.9. The van der Waals surface area contributed by atoms with Crippen molar-refractivity contribution in [2.24, 2.45) is 5.92 Å². The van der Waals surface area contributed by atoms with Crippen LogP contribution < -0.4 is 10.1 Å². The number of halogens is 3. The van der Waals surface area contributed by atoms with Crippen molar-refractivity contribution in [3.8, 4) is 11.6 Å². The Morgan fingerprint density at radius 3 is 2.97 bits per heavy atom. The zero-order chi connectivity index (χ0) is 21.5. The molecule has 2 N–H and O–H groups in total. The standard InChI is InChI=1S/C19H18F3N5O3/c1-27-17(28)11-4-5-29-9-19(11,26-18(27)23)12-6-10(2-3-13(12)20)30-15-8-24-7-14(25-15)16(21)22/h2-3,6-8,11,16H,4-5,9H2,1H3,(H2,23,26)/t11-,19-/m0/s1. The Morgan fingerprint density at radius 1 is 1.40 bits per heavy atom. The Labute approximate surface area is 169 Å². The summed E-state index contributed by atoms with van der Waals surface area (Å²) in [6.45, 7) is 0.301. The van der Waals surface area contributed by atoms with Crippen molar-refractivity contribution in [2.45, 2.75) is 18.4 Å². The predicted molar refractivity (Wildman–Crippen MR) is 97.7 cm³/mol. The molecule has 8 nitrogen and oxygen atoms in total. The van der Waals surface area contributed by atoms with Gasteiger partial charge < -0.3 is 14.8 Å². The Hall–Kier alpha value is -3.21. The number of guanidine groups is 1. The number of rotatable bonds is 4. The number of fused-ring (bicyclic) bond motifs is 1. The topological polar surface area (TPSA) is 100 Å². The monoisotopic (exact) mass is 421 g/mol. The number of aromatic nitrogens is 2. The Balaban J connectivity index is 1.73. The summed E-state index contributed by atoms with van der Waals surface area (Å²) in [4.78, 5) is 21.3. The summed E-state index contributed by atoms with van der Waals surface area (Å²) in [6.07, 6.45) is -0.386. The van der Waals surface area contributed by atoms with E-state index in [0.717, 1.165) is 18.5 Å². The quantitative estimate of drug-likeness (QED) is 0.787. The number of nitrogens with zero attached hydrogens (tertiary/aromatic N) is 3. The number of nitrogens with one attached hydrogen (secondary N) is 2. The van der Waals surface area contributed by atoms with E-state index in [1.807, 2.05) is 0 Å². The number of carbonyl (C=O) groups is 1. The molecule has 30 heavy (non-hydrogen) atoms. The highest BCUT2D eigenvalue weighted by atomic mass is 19.3. The van der Waals surface area contributed by atoms with Gasteiger partial charge in [0.05, 0.1) is 24.9 Å². The van der Waals surface area contributed by atoms with Gasteiger partial charge in [-0.2, -0.15) is 0 Å². The van der Waals surface area contributed by atoms with Gasteiger partial charge in [-0.05, 0) is 24.6 Å². The molecule has 2 atom stereocenters. The normalized spacial score (nSPS) is 23.9. The van der Waals surface area contributed by atoms with Gasteiger partial charge in [-0.15, -0.1) is 0 Å². The van der Waals surface area contributed by atoms with Crippen LogP contribution in [0.1, 0.15) is 24.1 Å². The van der Waals surface area contributed by atoms with Crippen molar-refractivity contribution < 1.29 is 27.4 Å². The van der Waals surface area contributed by atoms with Crippen molar-refractivity contribution in [1.82, 2.24) is 20.2 Å². The van der Waals surface area contributed by atoms with Crippen molar-refractivity contribution in [3.63, 3.8) is 0 Å². The molecule has 158 valence electrons. The molecule has 3 heterocycles. The third kappa shape index (κ3) is 3.34. The highest BCUT2D eigenvalue weighted by Gasteiger charge is 2.53. The number of hydrogen-bond donors (Lipinski definition) is 2. The Kier molecular flexibility index (Phi) is 5.06. The molecule has 2 aliphatic rings. The summed E-state index contributed by atoms with van der Waals surface area (Å²) in [5.74, 6) is -1.84. The molecule has 2 saturated heterocycles. The van der Waals surface area contributed by atoms with Crippen LogP contribution in [0.15, 0.2) is 30.6 Å². The van der Waals surface area contributed by atoms with Crippen LogP contribution in [0.4, 0.5) is 13.2 Å². The molecule has 2 aromatic rings. The number of benzene rings is 1. The van der Waals surface area contributed by atoms with Gasteiger partial charge in [-0.3, -0.25) is 20.1 Å². The Bertz CT molecular complexity index is 1010. The van der Waals surface area contributed by atoms with E-state index in [1.165, 1.54) is 24.1 Å². The molecule has 0 bridgehead atoms. The second-order valence-corrected chi connectivity index (χ2v) is 7.06. The van der Waals surface area contributed by atoms with E-state index in [9.17, 15) is 18.0 Å². The Morgan fingerprint density at radius 2 is 2.20 bits per heavy atom. The van der Waals surface area contributed by atoms with E-state index in [-0.39, 0.29) is 35.7 Å². The molecule has 1 aromatic heterocycles. The maximum absolute atomic E-state index is 14.9. The van der Waals surface area contributed by atoms with Gasteiger partial charge in [-0.25, -0.2) is 18.2 Å². The fraction of sp³-hybridized carbons (Fsp3) is 0.368. The number of carbonyl (C=O) groups excluding carboxylic acids is 1. The van der Waals surface area contributed by atoms with E-state index in [1.54, 1.807) is 0 Å². The summed E-state index contributed by atoms with van der Waals surface area (Å²) < 4.78 is 51.7. The minimum absolute atomic E-state index is 0.0271. The number of hydrogen-bond acceptors (Lipinski definition) is 6. The second kappa shape index (κ2) is 7.56. The lowest BCUT2D eigenvalue weighted by molar-refractivity contribution is -0.143. The summed E-state index contributed by atoms with van der Waals surface area (Å²) in [6, 6.07) is 3.81. The van der Waals surface area contributed by atoms with E-state index in [2.05, 4.69) is 15.3 Å². The number of amides is 1. The molecular formula is C19H18F3N5O3. The largest absolute Gasteiger partial charge is 0.437 e. The molecule has 0 saturated carbocycles. The van der Waals surface area contributed by atoms with Crippen LogP contribution in [-0.2, 0) is 15.1 Å². The molecule has 0 aliphatic carbocycles. The lowest BCUT2D eigenvalue weighted by Crippen LogP contribution is -2.68. The SMILES string of the molecule is CN1C(=N)N[C@@]2(c3cc(Oc4cncc(C(F)F)n4)ccc3F)COCC[C@H]2C1=O.